The van der Waals surface area contributed by atoms with E-state index in [0.717, 1.165) is 5.56 Å². The highest BCUT2D eigenvalue weighted by atomic mass is 16.7. The molecule has 2 N–H and O–H groups in total. The Balaban J connectivity index is 1.69. The molecule has 0 aliphatic carbocycles. The van der Waals surface area contributed by atoms with Crippen LogP contribution >= 0.6 is 0 Å². The van der Waals surface area contributed by atoms with E-state index in [-0.39, 0.29) is 30.4 Å². The van der Waals surface area contributed by atoms with E-state index in [4.69, 9.17) is 29.4 Å². The third-order valence-corrected chi connectivity index (χ3v) is 6.22. The molecule has 0 bridgehead atoms. The van der Waals surface area contributed by atoms with Crippen LogP contribution in [0, 0.1) is 18.3 Å². The van der Waals surface area contributed by atoms with Crippen LogP contribution in [0.15, 0.2) is 58.7 Å². The number of nitrogens with two attached hydrogens (primary N) is 1. The summed E-state index contributed by atoms with van der Waals surface area (Å²) in [4.78, 5) is 14.0. The number of aromatic nitrogens is 1. The summed E-state index contributed by atoms with van der Waals surface area (Å²) in [5, 5.41) is 9.97. The van der Waals surface area contributed by atoms with Crippen LogP contribution in [0.1, 0.15) is 28.3 Å². The molecule has 1 aromatic heterocycles. The van der Waals surface area contributed by atoms with Crippen molar-refractivity contribution >= 4 is 0 Å². The lowest BCUT2D eigenvalue weighted by Crippen LogP contribution is -2.33. The first-order valence-corrected chi connectivity index (χ1v) is 10.9. The summed E-state index contributed by atoms with van der Waals surface area (Å²) in [5.41, 5.74) is 8.38. The first-order valence-electron chi connectivity index (χ1n) is 10.9. The second kappa shape index (κ2) is 8.65. The van der Waals surface area contributed by atoms with Gasteiger partial charge in [-0.2, -0.15) is 5.26 Å². The van der Waals surface area contributed by atoms with E-state index >= 15 is 0 Å². The molecule has 0 fully saturated rings. The van der Waals surface area contributed by atoms with Crippen molar-refractivity contribution in [1.82, 2.24) is 4.57 Å². The zero-order valence-corrected chi connectivity index (χ0v) is 19.5. The van der Waals surface area contributed by atoms with Crippen molar-refractivity contribution < 1.29 is 23.7 Å². The summed E-state index contributed by atoms with van der Waals surface area (Å²) in [6, 6.07) is 14.7. The van der Waals surface area contributed by atoms with E-state index in [1.165, 1.54) is 7.11 Å². The minimum Gasteiger partial charge on any atom is -0.497 e. The number of benzene rings is 2. The fraction of sp³-hybridized carbons (Fsp3) is 0.231. The van der Waals surface area contributed by atoms with E-state index in [2.05, 4.69) is 6.07 Å². The molecule has 1 atom stereocenters. The molecule has 1 unspecified atom stereocenters. The number of rotatable bonds is 5. The summed E-state index contributed by atoms with van der Waals surface area (Å²) in [5.74, 6) is 1.80. The zero-order chi connectivity index (χ0) is 24.7. The van der Waals surface area contributed by atoms with Gasteiger partial charge in [0.1, 0.15) is 28.9 Å². The van der Waals surface area contributed by atoms with Crippen LogP contribution in [0.3, 0.4) is 0 Å². The Hall–Kier alpha value is -4.58. The van der Waals surface area contributed by atoms with Crippen LogP contribution in [0.2, 0.25) is 0 Å². The second-order valence-electron chi connectivity index (χ2n) is 8.18. The van der Waals surface area contributed by atoms with Crippen molar-refractivity contribution in [1.29, 1.82) is 5.26 Å². The molecule has 3 heterocycles. The zero-order valence-electron chi connectivity index (χ0n) is 19.5. The standard InChI is InChI=1S/C26H23N3O6/c1-14-8-22-24(26(30)29(14)12-15-4-6-20-21(9-15)34-13-33-20)23(18(11-27)25(28)35-22)17-10-16(31-2)5-7-19(17)32-3/h4-10,23H,12-13,28H2,1-3H3. The largest absolute Gasteiger partial charge is 0.497 e. The summed E-state index contributed by atoms with van der Waals surface area (Å²) in [6.45, 7) is 2.28. The van der Waals surface area contributed by atoms with Gasteiger partial charge in [-0.1, -0.05) is 6.07 Å². The Morgan fingerprint density at radius 1 is 1.09 bits per heavy atom. The topological polar surface area (TPSA) is 118 Å². The Morgan fingerprint density at radius 2 is 1.89 bits per heavy atom. The summed E-state index contributed by atoms with van der Waals surface area (Å²) in [7, 11) is 3.07. The fourth-order valence-electron chi connectivity index (χ4n) is 4.48. The van der Waals surface area contributed by atoms with Gasteiger partial charge in [-0.3, -0.25) is 4.79 Å². The highest BCUT2D eigenvalue weighted by Crippen LogP contribution is 2.44. The normalized spacial score (nSPS) is 15.8. The number of nitriles is 1. The quantitative estimate of drug-likeness (QED) is 0.600. The number of nitrogens with zero attached hydrogens (tertiary/aromatic N) is 2. The Labute approximate surface area is 201 Å². The molecule has 2 aromatic carbocycles. The van der Waals surface area contributed by atoms with E-state index in [1.807, 2.05) is 25.1 Å². The summed E-state index contributed by atoms with van der Waals surface area (Å²) < 4.78 is 29.2. The van der Waals surface area contributed by atoms with Gasteiger partial charge in [0.25, 0.3) is 5.56 Å². The van der Waals surface area contributed by atoms with Crippen LogP contribution < -0.4 is 35.0 Å². The average molecular weight is 473 g/mol. The lowest BCUT2D eigenvalue weighted by atomic mass is 9.83. The van der Waals surface area contributed by atoms with Crippen molar-refractivity contribution in [2.75, 3.05) is 21.0 Å². The van der Waals surface area contributed by atoms with Gasteiger partial charge in [0.15, 0.2) is 11.5 Å². The molecular formula is C26H23N3O6. The molecule has 35 heavy (non-hydrogen) atoms. The van der Waals surface area contributed by atoms with Crippen LogP contribution in [-0.2, 0) is 6.54 Å². The number of methoxy groups -OCH3 is 2. The van der Waals surface area contributed by atoms with Gasteiger partial charge in [-0.05, 0) is 42.8 Å². The minimum absolute atomic E-state index is 0.0535. The molecule has 0 radical (unpaired) electrons. The predicted molar refractivity (Wildman–Crippen MR) is 126 cm³/mol. The van der Waals surface area contributed by atoms with Gasteiger partial charge in [-0.25, -0.2) is 0 Å². The third-order valence-electron chi connectivity index (χ3n) is 6.22. The van der Waals surface area contributed by atoms with E-state index in [1.54, 1.807) is 35.9 Å². The van der Waals surface area contributed by atoms with Gasteiger partial charge >= 0.3 is 0 Å². The number of ether oxygens (including phenoxy) is 5. The van der Waals surface area contributed by atoms with Crippen LogP contribution in [0.4, 0.5) is 0 Å². The maximum absolute atomic E-state index is 14.0. The van der Waals surface area contributed by atoms with Crippen molar-refractivity contribution in [3.8, 4) is 34.8 Å². The van der Waals surface area contributed by atoms with Crippen molar-refractivity contribution in [2.24, 2.45) is 5.73 Å². The summed E-state index contributed by atoms with van der Waals surface area (Å²) in [6.07, 6.45) is 0. The highest BCUT2D eigenvalue weighted by Gasteiger charge is 2.36. The SMILES string of the molecule is COc1ccc(OC)c(C2C(C#N)=C(N)Oc3cc(C)n(Cc4ccc5c(c4)OCO5)c(=O)c32)c1. The Kier molecular flexibility index (Phi) is 5.49. The lowest BCUT2D eigenvalue weighted by Gasteiger charge is -2.28. The van der Waals surface area contributed by atoms with Crippen LogP contribution in [0.5, 0.6) is 28.7 Å². The van der Waals surface area contributed by atoms with Crippen LogP contribution in [0.25, 0.3) is 0 Å². The first kappa shape index (κ1) is 22.2. The number of pyridine rings is 1. The van der Waals surface area contributed by atoms with Gasteiger partial charge in [0.2, 0.25) is 12.7 Å². The Bertz CT molecular complexity index is 1470. The van der Waals surface area contributed by atoms with Gasteiger partial charge in [0, 0.05) is 17.3 Å². The van der Waals surface area contributed by atoms with E-state index < -0.39 is 5.92 Å². The Morgan fingerprint density at radius 3 is 2.63 bits per heavy atom. The number of allylic oxidation sites excluding steroid dienone is 1. The second-order valence-corrected chi connectivity index (χ2v) is 8.18. The van der Waals surface area contributed by atoms with Gasteiger partial charge in [0.05, 0.1) is 32.2 Å². The first-order chi connectivity index (χ1) is 16.9. The molecule has 2 aliphatic heterocycles. The smallest absolute Gasteiger partial charge is 0.259 e. The van der Waals surface area contributed by atoms with E-state index in [0.29, 0.717) is 45.6 Å². The number of hydrogen-bond donors (Lipinski definition) is 1. The molecule has 178 valence electrons. The lowest BCUT2D eigenvalue weighted by molar-refractivity contribution is 0.174. The van der Waals surface area contributed by atoms with Crippen LogP contribution in [-0.4, -0.2) is 25.6 Å². The van der Waals surface area contributed by atoms with Gasteiger partial charge < -0.3 is 34.0 Å². The number of aryl methyl sites for hydroxylation is 1. The van der Waals surface area contributed by atoms with Crippen molar-refractivity contribution in [3.63, 3.8) is 0 Å². The summed E-state index contributed by atoms with van der Waals surface area (Å²) >= 11 is 0. The molecule has 0 amide bonds. The molecule has 3 aromatic rings. The predicted octanol–water partition coefficient (Wildman–Crippen LogP) is 3.17. The van der Waals surface area contributed by atoms with Crippen molar-refractivity contribution in [2.45, 2.75) is 19.4 Å². The molecule has 5 rings (SSSR count). The number of hydrogen-bond acceptors (Lipinski definition) is 8. The molecule has 0 spiro atoms. The fourth-order valence-corrected chi connectivity index (χ4v) is 4.48. The third kappa shape index (κ3) is 3.69. The molecule has 9 heteroatoms. The average Bonchev–Trinajstić information content (AvgIpc) is 3.33. The van der Waals surface area contributed by atoms with Crippen molar-refractivity contribution in [3.05, 3.63) is 86.7 Å². The number of fused-ring (bicyclic) bond motifs is 2. The van der Waals surface area contributed by atoms with Gasteiger partial charge in [-0.15, -0.1) is 0 Å². The monoisotopic (exact) mass is 473 g/mol. The molecular weight excluding hydrogens is 450 g/mol. The highest BCUT2D eigenvalue weighted by molar-refractivity contribution is 5.59. The molecule has 9 nitrogen and oxygen atoms in total. The molecule has 0 saturated heterocycles. The maximum atomic E-state index is 14.0. The molecule has 2 aliphatic rings. The van der Waals surface area contributed by atoms with E-state index in [9.17, 15) is 10.1 Å². The minimum atomic E-state index is -0.801. The maximum Gasteiger partial charge on any atom is 0.259 e. The molecule has 0 saturated carbocycles.